The molecule has 0 aromatic heterocycles. The Hall–Kier alpha value is -2.06. The Balaban J connectivity index is 8.06. The molecule has 0 aliphatic rings. The van der Waals surface area contributed by atoms with Crippen LogP contribution >= 0.6 is 22.6 Å². The first-order valence-electron chi connectivity index (χ1n) is 12.2. The molecule has 0 saturated heterocycles. The number of halogens is 38. The maximum atomic E-state index is 14.6. The van der Waals surface area contributed by atoms with Gasteiger partial charge in [0.05, 0.1) is 0 Å². The van der Waals surface area contributed by atoms with E-state index in [4.69, 9.17) is 0 Å². The quantitative estimate of drug-likeness (QED) is 0.0876. The molecule has 5 unspecified atom stereocenters. The fourth-order valence-corrected chi connectivity index (χ4v) is 3.20. The molecule has 0 heterocycles. The molecule has 5 atom stereocenters. The minimum Gasteiger partial charge on any atom is -0.264 e. The number of hydrogen-bond acceptors (Lipinski definition) is 5. The third kappa shape index (κ3) is 9.81. The molecular weight excluding hydrogens is 1130 g/mol. The standard InChI is InChI=1S/C18F37IO5/c19-1(20,7(26,27)28)14(46,47)58-3(22,9(32,33)34)16(50,51)60-5(24,11(38,39)40)18(54,55)61-6(25,12(41,42)43)17(52,53)59-4(23,10(35,36)37)15(48,49)57-2(21,8(29,30)31)13(44,45)56. The molecule has 0 amide bonds. The van der Waals surface area contributed by atoms with Gasteiger partial charge in [0.1, 0.15) is 0 Å². The van der Waals surface area contributed by atoms with Gasteiger partial charge in [-0.3, -0.25) is 23.7 Å². The molecule has 61 heavy (non-hydrogen) atoms. The summed E-state index contributed by atoms with van der Waals surface area (Å²) < 4.78 is 493. The van der Waals surface area contributed by atoms with Gasteiger partial charge in [-0.25, -0.2) is 0 Å². The van der Waals surface area contributed by atoms with Crippen LogP contribution in [0.5, 0.6) is 0 Å². The third-order valence-corrected chi connectivity index (χ3v) is 6.44. The smallest absolute Gasteiger partial charge is 0.264 e. The first-order chi connectivity index (χ1) is 25.5. The van der Waals surface area contributed by atoms with Gasteiger partial charge in [-0.2, -0.15) is 162 Å². The maximum Gasteiger partial charge on any atom is 0.462 e. The first-order valence-corrected chi connectivity index (χ1v) is 13.3. The van der Waals surface area contributed by atoms with Gasteiger partial charge in [0, 0.05) is 22.6 Å². The van der Waals surface area contributed by atoms with Crippen molar-refractivity contribution in [1.29, 1.82) is 0 Å². The summed E-state index contributed by atoms with van der Waals surface area (Å²) in [5.41, 5.74) is 0. The third-order valence-electron chi connectivity index (χ3n) is 5.75. The van der Waals surface area contributed by atoms with E-state index in [0.29, 0.717) is 9.47 Å². The summed E-state index contributed by atoms with van der Waals surface area (Å²) in [5, 5.41) is 0. The van der Waals surface area contributed by atoms with E-state index in [-0.39, 0.29) is 0 Å². The van der Waals surface area contributed by atoms with Crippen LogP contribution in [-0.2, 0) is 23.7 Å². The van der Waals surface area contributed by atoms with Crippen LogP contribution < -0.4 is 0 Å². The second kappa shape index (κ2) is 15.3. The van der Waals surface area contributed by atoms with Gasteiger partial charge in [-0.1, -0.05) is 0 Å². The average molecular weight is 1130 g/mol. The number of hydrogen-bond donors (Lipinski definition) is 0. The van der Waals surface area contributed by atoms with Gasteiger partial charge in [0.15, 0.2) is 0 Å². The molecule has 368 valence electrons. The van der Waals surface area contributed by atoms with E-state index in [0.717, 1.165) is 14.2 Å². The second-order valence-electron chi connectivity index (χ2n) is 10.1. The monoisotopic (exact) mass is 1130 g/mol. The lowest BCUT2D eigenvalue weighted by Gasteiger charge is -2.45. The Kier molecular flexibility index (Phi) is 14.7. The maximum absolute atomic E-state index is 14.6. The van der Waals surface area contributed by atoms with Crippen LogP contribution in [0.4, 0.5) is 162 Å². The summed E-state index contributed by atoms with van der Waals surface area (Å²) in [4.78, 5) is 0. The van der Waals surface area contributed by atoms with Crippen LogP contribution in [0.3, 0.4) is 0 Å². The van der Waals surface area contributed by atoms with Crippen molar-refractivity contribution < 1.29 is 186 Å². The number of rotatable bonds is 16. The van der Waals surface area contributed by atoms with Crippen LogP contribution in [0.1, 0.15) is 0 Å². The van der Waals surface area contributed by atoms with Crippen LogP contribution in [0.15, 0.2) is 0 Å². The Morgan fingerprint density at radius 1 is 0.197 bits per heavy atom. The van der Waals surface area contributed by atoms with Crippen molar-refractivity contribution in [3.63, 3.8) is 0 Å². The minimum absolute atomic E-state index is 0.661. The van der Waals surface area contributed by atoms with Crippen molar-refractivity contribution in [3.05, 3.63) is 0 Å². The molecule has 0 radical (unpaired) electrons. The predicted molar refractivity (Wildman–Crippen MR) is 110 cm³/mol. The Morgan fingerprint density at radius 3 is 0.475 bits per heavy atom. The van der Waals surface area contributed by atoms with Gasteiger partial charge < -0.3 is 0 Å². The lowest BCUT2D eigenvalue weighted by molar-refractivity contribution is -0.601. The van der Waals surface area contributed by atoms with Crippen LogP contribution in [0.25, 0.3) is 0 Å². The molecule has 0 aromatic rings. The molecule has 5 nitrogen and oxygen atoms in total. The highest BCUT2D eigenvalue weighted by Gasteiger charge is 2.91. The second-order valence-corrected chi connectivity index (χ2v) is 11.5. The van der Waals surface area contributed by atoms with Crippen molar-refractivity contribution in [2.45, 2.75) is 107 Å². The summed E-state index contributed by atoms with van der Waals surface area (Å²) in [6.45, 7) is 0. The van der Waals surface area contributed by atoms with Crippen LogP contribution in [0.2, 0.25) is 0 Å². The zero-order valence-corrected chi connectivity index (χ0v) is 27.6. The zero-order valence-electron chi connectivity index (χ0n) is 25.4. The zero-order chi connectivity index (χ0) is 50.5. The Labute approximate surface area is 316 Å². The molecule has 43 heteroatoms. The van der Waals surface area contributed by atoms with Gasteiger partial charge in [-0.05, 0) is 0 Å². The van der Waals surface area contributed by atoms with Gasteiger partial charge in [0.2, 0.25) is 0 Å². The van der Waals surface area contributed by atoms with Gasteiger partial charge in [0.25, 0.3) is 0 Å². The highest BCUT2D eigenvalue weighted by atomic mass is 127. The van der Waals surface area contributed by atoms with E-state index < -0.39 is 129 Å². The highest BCUT2D eigenvalue weighted by molar-refractivity contribution is 14.1. The van der Waals surface area contributed by atoms with Crippen molar-refractivity contribution in [2.24, 2.45) is 0 Å². The fraction of sp³-hybridized carbons (Fsp3) is 1.00. The summed E-state index contributed by atoms with van der Waals surface area (Å²) in [6.07, 6.45) is -98.9. The van der Waals surface area contributed by atoms with E-state index in [1.807, 2.05) is 0 Å². The number of alkyl halides is 38. The number of ether oxygens (including phenoxy) is 5. The minimum atomic E-state index is -9.65. The van der Waals surface area contributed by atoms with Crippen molar-refractivity contribution in [2.75, 3.05) is 0 Å². The normalized spacial score (nSPS) is 21.0. The molecule has 0 rings (SSSR count). The lowest BCUT2D eigenvalue weighted by Crippen LogP contribution is -2.73. The molecule has 0 bridgehead atoms. The summed E-state index contributed by atoms with van der Waals surface area (Å²) in [6, 6.07) is 0. The van der Waals surface area contributed by atoms with Crippen LogP contribution in [-0.4, -0.2) is 107 Å². The molecule has 0 aliphatic carbocycles. The fourth-order valence-electron chi connectivity index (χ4n) is 2.78. The topological polar surface area (TPSA) is 46.2 Å². The van der Waals surface area contributed by atoms with Gasteiger partial charge >= 0.3 is 107 Å². The van der Waals surface area contributed by atoms with Crippen LogP contribution in [0, 0.1) is 0 Å². The van der Waals surface area contributed by atoms with Crippen molar-refractivity contribution >= 4 is 22.6 Å². The first kappa shape index (κ1) is 58.9. The van der Waals surface area contributed by atoms with Crippen molar-refractivity contribution in [3.8, 4) is 0 Å². The predicted octanol–water partition coefficient (Wildman–Crippen LogP) is 12.4. The highest BCUT2D eigenvalue weighted by Crippen LogP contribution is 2.63. The molecule has 0 N–H and O–H groups in total. The molecule has 0 fully saturated rings. The van der Waals surface area contributed by atoms with Gasteiger partial charge in [-0.15, -0.1) is 0 Å². The van der Waals surface area contributed by atoms with E-state index >= 15 is 0 Å². The van der Waals surface area contributed by atoms with E-state index in [9.17, 15) is 162 Å². The summed E-state index contributed by atoms with van der Waals surface area (Å²) in [5.74, 6) is -54.3. The molecule has 0 saturated carbocycles. The Morgan fingerprint density at radius 2 is 0.344 bits per heavy atom. The lowest BCUT2D eigenvalue weighted by atomic mass is 10.2. The average Bonchev–Trinajstić information content (AvgIpc) is 2.91. The van der Waals surface area contributed by atoms with E-state index in [2.05, 4.69) is 0 Å². The Bertz CT molecular complexity index is 1520. The molecular formula is C18F37IO5. The summed E-state index contributed by atoms with van der Waals surface area (Å²) in [7, 11) is 0. The molecule has 0 aliphatic heterocycles. The molecule has 0 spiro atoms. The molecule has 0 aromatic carbocycles. The SMILES string of the molecule is FC(F)(F)C(F)(F)C(F)(F)OC(F)(C(F)(F)F)C(F)(F)OC(F)(C(F)(F)F)C(F)(F)OC(F)(C(F)(F)F)C(F)(F)OC(F)(C(F)(F)F)C(F)(F)OC(F)(C(F)(F)F)C(F)(F)I. The van der Waals surface area contributed by atoms with E-state index in [1.54, 1.807) is 0 Å². The summed E-state index contributed by atoms with van der Waals surface area (Å²) >= 11 is -1.41. The van der Waals surface area contributed by atoms with Crippen molar-refractivity contribution in [1.82, 2.24) is 0 Å². The largest absolute Gasteiger partial charge is 0.462 e. The van der Waals surface area contributed by atoms with E-state index in [1.165, 1.54) is 0 Å².